The minimum atomic E-state index is -3.28. The summed E-state index contributed by atoms with van der Waals surface area (Å²) in [6.07, 6.45) is 1.12. The van der Waals surface area contributed by atoms with E-state index in [2.05, 4.69) is 5.32 Å². The predicted octanol–water partition coefficient (Wildman–Crippen LogP) is 1.20. The van der Waals surface area contributed by atoms with Crippen LogP contribution in [0, 0.1) is 0 Å². The highest BCUT2D eigenvalue weighted by molar-refractivity contribution is 7.90. The van der Waals surface area contributed by atoms with Gasteiger partial charge in [0.1, 0.15) is 0 Å². The normalized spacial score (nSPS) is 11.1. The molecule has 0 saturated heterocycles. The molecule has 0 aromatic heterocycles. The molecule has 0 aliphatic rings. The first-order valence-electron chi connectivity index (χ1n) is 5.66. The molecule has 0 aliphatic heterocycles. The van der Waals surface area contributed by atoms with Gasteiger partial charge in [-0.15, -0.1) is 0 Å². The van der Waals surface area contributed by atoms with Crippen LogP contribution in [-0.4, -0.2) is 52.9 Å². The van der Waals surface area contributed by atoms with Gasteiger partial charge in [-0.05, 0) is 18.2 Å². The minimum absolute atomic E-state index is 0.171. The minimum Gasteiger partial charge on any atom is -0.383 e. The molecule has 0 atom stereocenters. The Hall–Kier alpha value is -1.60. The Morgan fingerprint density at radius 2 is 2.11 bits per heavy atom. The topological polar surface area (TPSA) is 75.7 Å². The van der Waals surface area contributed by atoms with Gasteiger partial charge >= 0.3 is 6.03 Å². The molecule has 0 unspecified atom stereocenters. The molecule has 1 rings (SSSR count). The fourth-order valence-corrected chi connectivity index (χ4v) is 2.02. The van der Waals surface area contributed by atoms with Gasteiger partial charge in [0.25, 0.3) is 0 Å². The van der Waals surface area contributed by atoms with E-state index < -0.39 is 9.84 Å². The second-order valence-electron chi connectivity index (χ2n) is 4.14. The zero-order valence-corrected chi connectivity index (χ0v) is 12.0. The van der Waals surface area contributed by atoms with E-state index >= 15 is 0 Å². The van der Waals surface area contributed by atoms with E-state index in [1.807, 2.05) is 0 Å². The molecule has 7 heteroatoms. The molecule has 19 heavy (non-hydrogen) atoms. The number of hydrogen-bond acceptors (Lipinski definition) is 4. The highest BCUT2D eigenvalue weighted by Crippen LogP contribution is 2.15. The quantitative estimate of drug-likeness (QED) is 0.882. The van der Waals surface area contributed by atoms with Crippen molar-refractivity contribution in [3.05, 3.63) is 24.3 Å². The van der Waals surface area contributed by atoms with Crippen molar-refractivity contribution in [2.75, 3.05) is 38.9 Å². The largest absolute Gasteiger partial charge is 0.383 e. The Morgan fingerprint density at radius 3 is 2.68 bits per heavy atom. The number of sulfone groups is 1. The average Bonchev–Trinajstić information content (AvgIpc) is 2.35. The van der Waals surface area contributed by atoms with Gasteiger partial charge < -0.3 is 15.0 Å². The van der Waals surface area contributed by atoms with E-state index in [1.54, 1.807) is 26.3 Å². The number of benzene rings is 1. The summed E-state index contributed by atoms with van der Waals surface area (Å²) < 4.78 is 27.7. The van der Waals surface area contributed by atoms with Gasteiger partial charge in [0, 0.05) is 32.6 Å². The van der Waals surface area contributed by atoms with Gasteiger partial charge in [-0.1, -0.05) is 6.07 Å². The maximum atomic E-state index is 11.8. The van der Waals surface area contributed by atoms with Crippen molar-refractivity contribution in [1.29, 1.82) is 0 Å². The van der Waals surface area contributed by atoms with E-state index in [1.165, 1.54) is 17.0 Å². The van der Waals surface area contributed by atoms with Crippen molar-refractivity contribution in [1.82, 2.24) is 4.90 Å². The summed E-state index contributed by atoms with van der Waals surface area (Å²) in [4.78, 5) is 13.4. The van der Waals surface area contributed by atoms with E-state index in [0.717, 1.165) is 6.26 Å². The molecule has 1 N–H and O–H groups in total. The van der Waals surface area contributed by atoms with Crippen LogP contribution in [0.4, 0.5) is 10.5 Å². The summed E-state index contributed by atoms with van der Waals surface area (Å²) in [7, 11) is -0.0899. The molecular weight excluding hydrogens is 268 g/mol. The van der Waals surface area contributed by atoms with Crippen molar-refractivity contribution >= 4 is 21.6 Å². The lowest BCUT2D eigenvalue weighted by atomic mass is 10.3. The summed E-state index contributed by atoms with van der Waals surface area (Å²) >= 11 is 0. The Labute approximate surface area is 113 Å². The standard InChI is InChI=1S/C12H18N2O4S/c1-14(7-8-18-2)12(15)13-10-5-4-6-11(9-10)19(3,16)17/h4-6,9H,7-8H2,1-3H3,(H,13,15). The lowest BCUT2D eigenvalue weighted by Gasteiger charge is -2.17. The van der Waals surface area contributed by atoms with Crippen LogP contribution in [0.2, 0.25) is 0 Å². The zero-order chi connectivity index (χ0) is 14.5. The lowest BCUT2D eigenvalue weighted by Crippen LogP contribution is -2.33. The van der Waals surface area contributed by atoms with E-state index in [9.17, 15) is 13.2 Å². The molecule has 0 heterocycles. The van der Waals surface area contributed by atoms with Crippen LogP contribution < -0.4 is 5.32 Å². The molecule has 2 amide bonds. The Balaban J connectivity index is 2.75. The number of methoxy groups -OCH3 is 1. The van der Waals surface area contributed by atoms with Crippen molar-refractivity contribution in [2.45, 2.75) is 4.90 Å². The second kappa shape index (κ2) is 6.53. The third-order valence-corrected chi connectivity index (χ3v) is 3.60. The molecule has 106 valence electrons. The van der Waals surface area contributed by atoms with E-state index in [-0.39, 0.29) is 10.9 Å². The summed E-state index contributed by atoms with van der Waals surface area (Å²) in [5.41, 5.74) is 0.442. The van der Waals surface area contributed by atoms with E-state index in [0.29, 0.717) is 18.8 Å². The molecule has 0 fully saturated rings. The van der Waals surface area contributed by atoms with Crippen LogP contribution in [0.25, 0.3) is 0 Å². The number of carbonyl (C=O) groups excluding carboxylic acids is 1. The van der Waals surface area contributed by atoms with Crippen LogP contribution in [0.5, 0.6) is 0 Å². The number of anilines is 1. The molecule has 0 radical (unpaired) electrons. The Kier molecular flexibility index (Phi) is 5.31. The molecule has 1 aromatic carbocycles. The maximum Gasteiger partial charge on any atom is 0.321 e. The van der Waals surface area contributed by atoms with E-state index in [4.69, 9.17) is 4.74 Å². The number of urea groups is 1. The number of carbonyl (C=O) groups is 1. The Bertz CT molecular complexity index is 542. The number of nitrogens with one attached hydrogen (secondary N) is 1. The first-order chi connectivity index (χ1) is 8.84. The Morgan fingerprint density at radius 1 is 1.42 bits per heavy atom. The second-order valence-corrected chi connectivity index (χ2v) is 6.16. The molecule has 1 aromatic rings. The first-order valence-corrected chi connectivity index (χ1v) is 7.55. The molecule has 0 spiro atoms. The summed E-state index contributed by atoms with van der Waals surface area (Å²) in [6.45, 7) is 0.890. The molecule has 0 bridgehead atoms. The predicted molar refractivity (Wildman–Crippen MR) is 73.1 cm³/mol. The van der Waals surface area contributed by atoms with Gasteiger partial charge in [-0.3, -0.25) is 0 Å². The van der Waals surface area contributed by atoms with Gasteiger partial charge in [0.05, 0.1) is 11.5 Å². The molecule has 0 aliphatic carbocycles. The van der Waals surface area contributed by atoms with Crippen molar-refractivity contribution in [2.24, 2.45) is 0 Å². The van der Waals surface area contributed by atoms with Crippen molar-refractivity contribution in [3.63, 3.8) is 0 Å². The zero-order valence-electron chi connectivity index (χ0n) is 11.2. The van der Waals surface area contributed by atoms with Crippen LogP contribution in [0.3, 0.4) is 0 Å². The number of rotatable bonds is 5. The summed E-state index contributed by atoms with van der Waals surface area (Å²) in [6, 6.07) is 5.82. The number of ether oxygens (including phenoxy) is 1. The number of likely N-dealkylation sites (N-methyl/N-ethyl adjacent to an activating group) is 1. The molecule has 6 nitrogen and oxygen atoms in total. The van der Waals surface area contributed by atoms with Gasteiger partial charge in [0.15, 0.2) is 9.84 Å². The van der Waals surface area contributed by atoms with Crippen LogP contribution in [0.15, 0.2) is 29.2 Å². The third-order valence-electron chi connectivity index (χ3n) is 2.49. The highest BCUT2D eigenvalue weighted by atomic mass is 32.2. The van der Waals surface area contributed by atoms with Gasteiger partial charge in [0.2, 0.25) is 0 Å². The van der Waals surface area contributed by atoms with Gasteiger partial charge in [-0.25, -0.2) is 13.2 Å². The maximum absolute atomic E-state index is 11.8. The SMILES string of the molecule is COCCN(C)C(=O)Nc1cccc(S(C)(=O)=O)c1. The lowest BCUT2D eigenvalue weighted by molar-refractivity contribution is 0.165. The fourth-order valence-electron chi connectivity index (χ4n) is 1.35. The van der Waals surface area contributed by atoms with Crippen molar-refractivity contribution in [3.8, 4) is 0 Å². The third kappa shape index (κ3) is 4.88. The van der Waals surface area contributed by atoms with Crippen LogP contribution in [-0.2, 0) is 14.6 Å². The van der Waals surface area contributed by atoms with Crippen molar-refractivity contribution < 1.29 is 17.9 Å². The van der Waals surface area contributed by atoms with Crippen LogP contribution >= 0.6 is 0 Å². The molecular formula is C12H18N2O4S. The fraction of sp³-hybridized carbons (Fsp3) is 0.417. The monoisotopic (exact) mass is 286 g/mol. The number of hydrogen-bond donors (Lipinski definition) is 1. The highest BCUT2D eigenvalue weighted by Gasteiger charge is 2.11. The smallest absolute Gasteiger partial charge is 0.321 e. The average molecular weight is 286 g/mol. The molecule has 0 saturated carbocycles. The summed E-state index contributed by atoms with van der Waals surface area (Å²) in [5.74, 6) is 0. The first kappa shape index (κ1) is 15.5. The number of amides is 2. The van der Waals surface area contributed by atoms with Crippen LogP contribution in [0.1, 0.15) is 0 Å². The number of nitrogens with zero attached hydrogens (tertiary/aromatic N) is 1. The van der Waals surface area contributed by atoms with Gasteiger partial charge in [-0.2, -0.15) is 0 Å². The summed E-state index contributed by atoms with van der Waals surface area (Å²) in [5, 5.41) is 2.63.